The molecular weight excluding hydrogens is 283 g/mol. The minimum atomic E-state index is -0.351. The van der Waals surface area contributed by atoms with Crippen molar-refractivity contribution < 1.29 is 4.39 Å². The summed E-state index contributed by atoms with van der Waals surface area (Å²) in [6, 6.07) is 10.2. The van der Waals surface area contributed by atoms with E-state index in [1.165, 1.54) is 12.1 Å². The van der Waals surface area contributed by atoms with Crippen LogP contribution in [0, 0.1) is 12.7 Å². The van der Waals surface area contributed by atoms with Gasteiger partial charge in [-0.2, -0.15) is 0 Å². The number of nitrogens with two attached hydrogens (primary N) is 1. The van der Waals surface area contributed by atoms with Gasteiger partial charge in [-0.15, -0.1) is 0 Å². The van der Waals surface area contributed by atoms with Crippen molar-refractivity contribution in [3.05, 3.63) is 52.3 Å². The molecule has 17 heavy (non-hydrogen) atoms. The number of halogens is 2. The van der Waals surface area contributed by atoms with E-state index in [1.54, 1.807) is 6.07 Å². The van der Waals surface area contributed by atoms with E-state index in [2.05, 4.69) is 21.2 Å². The Kier molecular flexibility index (Phi) is 3.33. The van der Waals surface area contributed by atoms with Crippen LogP contribution in [-0.2, 0) is 0 Å². The number of benzene rings is 2. The van der Waals surface area contributed by atoms with Crippen molar-refractivity contribution in [1.82, 2.24) is 0 Å². The summed E-state index contributed by atoms with van der Waals surface area (Å²) in [6.45, 7) is 2.00. The van der Waals surface area contributed by atoms with E-state index >= 15 is 0 Å². The molecule has 0 aliphatic carbocycles. The van der Waals surface area contributed by atoms with Crippen molar-refractivity contribution in [3.63, 3.8) is 0 Å². The second-order valence-corrected chi connectivity index (χ2v) is 4.63. The Labute approximate surface area is 108 Å². The summed E-state index contributed by atoms with van der Waals surface area (Å²) < 4.78 is 14.1. The average Bonchev–Trinajstić information content (AvgIpc) is 2.23. The summed E-state index contributed by atoms with van der Waals surface area (Å²) >= 11 is 3.49. The van der Waals surface area contributed by atoms with Crippen LogP contribution in [0.1, 0.15) is 5.56 Å². The first kappa shape index (κ1) is 11.9. The van der Waals surface area contributed by atoms with E-state index in [9.17, 15) is 4.39 Å². The fraction of sp³-hybridized carbons (Fsp3) is 0.0769. The van der Waals surface area contributed by atoms with Gasteiger partial charge in [0.05, 0.1) is 5.69 Å². The molecule has 0 radical (unpaired) electrons. The summed E-state index contributed by atoms with van der Waals surface area (Å²) in [5, 5.41) is 3.13. The maximum absolute atomic E-state index is 13.2. The zero-order valence-electron chi connectivity index (χ0n) is 9.30. The normalized spacial score (nSPS) is 10.3. The lowest BCUT2D eigenvalue weighted by Crippen LogP contribution is -1.95. The summed E-state index contributed by atoms with van der Waals surface area (Å²) in [5.41, 5.74) is 8.62. The minimum absolute atomic E-state index is 0.351. The molecule has 0 aliphatic rings. The van der Waals surface area contributed by atoms with Crippen molar-refractivity contribution in [3.8, 4) is 0 Å². The SMILES string of the molecule is Cc1cccc(Nc2cc(N)cc(F)c2)c1Br. The Balaban J connectivity index is 2.34. The fourth-order valence-electron chi connectivity index (χ4n) is 1.58. The van der Waals surface area contributed by atoms with Crippen molar-refractivity contribution in [1.29, 1.82) is 0 Å². The summed E-state index contributed by atoms with van der Waals surface area (Å²) in [5.74, 6) is -0.351. The fourth-order valence-corrected chi connectivity index (χ4v) is 1.95. The predicted octanol–water partition coefficient (Wildman–Crippen LogP) is 4.22. The maximum atomic E-state index is 13.2. The van der Waals surface area contributed by atoms with E-state index in [1.807, 2.05) is 25.1 Å². The number of aryl methyl sites for hydroxylation is 1. The van der Waals surface area contributed by atoms with Gasteiger partial charge in [0.1, 0.15) is 5.82 Å². The molecule has 2 nitrogen and oxygen atoms in total. The van der Waals surface area contributed by atoms with Crippen molar-refractivity contribution >= 4 is 33.0 Å². The molecule has 0 aliphatic heterocycles. The highest BCUT2D eigenvalue weighted by Crippen LogP contribution is 2.29. The lowest BCUT2D eigenvalue weighted by atomic mass is 10.2. The quantitative estimate of drug-likeness (QED) is 0.814. The van der Waals surface area contributed by atoms with Crippen LogP contribution in [0.25, 0.3) is 0 Å². The first-order valence-corrected chi connectivity index (χ1v) is 5.94. The molecular formula is C13H12BrFN2. The lowest BCUT2D eigenvalue weighted by molar-refractivity contribution is 0.629. The molecule has 0 amide bonds. The lowest BCUT2D eigenvalue weighted by Gasteiger charge is -2.11. The number of anilines is 3. The molecule has 2 aromatic carbocycles. The average molecular weight is 295 g/mol. The van der Waals surface area contributed by atoms with Gasteiger partial charge in [0.25, 0.3) is 0 Å². The summed E-state index contributed by atoms with van der Waals surface area (Å²) in [6.07, 6.45) is 0. The molecule has 2 aromatic rings. The molecule has 2 rings (SSSR count). The number of hydrogen-bond acceptors (Lipinski definition) is 2. The molecule has 0 unspecified atom stereocenters. The third-order valence-corrected chi connectivity index (χ3v) is 3.44. The second kappa shape index (κ2) is 4.75. The summed E-state index contributed by atoms with van der Waals surface area (Å²) in [4.78, 5) is 0. The molecule has 0 bridgehead atoms. The molecule has 0 atom stereocenters. The van der Waals surface area contributed by atoms with Crippen LogP contribution in [0.2, 0.25) is 0 Å². The van der Waals surface area contributed by atoms with E-state index in [0.29, 0.717) is 11.4 Å². The van der Waals surface area contributed by atoms with Crippen molar-refractivity contribution in [2.75, 3.05) is 11.1 Å². The smallest absolute Gasteiger partial charge is 0.127 e. The Bertz CT molecular complexity index is 535. The van der Waals surface area contributed by atoms with Gasteiger partial charge in [0.15, 0.2) is 0 Å². The van der Waals surface area contributed by atoms with E-state index < -0.39 is 0 Å². The Morgan fingerprint density at radius 2 is 2.00 bits per heavy atom. The van der Waals surface area contributed by atoms with Crippen molar-refractivity contribution in [2.24, 2.45) is 0 Å². The highest BCUT2D eigenvalue weighted by atomic mass is 79.9. The zero-order chi connectivity index (χ0) is 12.4. The van der Waals surface area contributed by atoms with Crippen LogP contribution < -0.4 is 11.1 Å². The zero-order valence-corrected chi connectivity index (χ0v) is 10.9. The van der Waals surface area contributed by atoms with Gasteiger partial charge < -0.3 is 11.1 Å². The van der Waals surface area contributed by atoms with E-state index in [4.69, 9.17) is 5.73 Å². The maximum Gasteiger partial charge on any atom is 0.127 e. The highest BCUT2D eigenvalue weighted by Gasteiger charge is 2.04. The van der Waals surface area contributed by atoms with Gasteiger partial charge in [-0.3, -0.25) is 0 Å². The largest absolute Gasteiger partial charge is 0.399 e. The molecule has 4 heteroatoms. The van der Waals surface area contributed by atoms with Gasteiger partial charge in [-0.1, -0.05) is 12.1 Å². The Hall–Kier alpha value is -1.55. The predicted molar refractivity (Wildman–Crippen MR) is 73.0 cm³/mol. The molecule has 0 saturated carbocycles. The molecule has 0 heterocycles. The number of hydrogen-bond donors (Lipinski definition) is 2. The van der Waals surface area contributed by atoms with Crippen molar-refractivity contribution in [2.45, 2.75) is 6.92 Å². The topological polar surface area (TPSA) is 38.0 Å². The molecule has 0 spiro atoms. The standard InChI is InChI=1S/C13H12BrFN2/c1-8-3-2-4-12(13(8)14)17-11-6-9(15)5-10(16)7-11/h2-7,17H,16H2,1H3. The summed E-state index contributed by atoms with van der Waals surface area (Å²) in [7, 11) is 0. The van der Waals surface area contributed by atoms with Gasteiger partial charge in [-0.25, -0.2) is 4.39 Å². The van der Waals surface area contributed by atoms with E-state index in [-0.39, 0.29) is 5.82 Å². The van der Waals surface area contributed by atoms with Crippen LogP contribution in [-0.4, -0.2) is 0 Å². The Morgan fingerprint density at radius 3 is 2.71 bits per heavy atom. The molecule has 0 fully saturated rings. The molecule has 0 aromatic heterocycles. The van der Waals surface area contributed by atoms with E-state index in [0.717, 1.165) is 15.7 Å². The Morgan fingerprint density at radius 1 is 1.24 bits per heavy atom. The first-order chi connectivity index (χ1) is 8.06. The van der Waals surface area contributed by atoms with Gasteiger partial charge >= 0.3 is 0 Å². The van der Waals surface area contributed by atoms with Crippen LogP contribution in [0.15, 0.2) is 40.9 Å². The minimum Gasteiger partial charge on any atom is -0.399 e. The number of rotatable bonds is 2. The molecule has 88 valence electrons. The van der Waals surface area contributed by atoms with Crippen LogP contribution in [0.4, 0.5) is 21.5 Å². The second-order valence-electron chi connectivity index (χ2n) is 3.83. The van der Waals surface area contributed by atoms with Gasteiger partial charge in [0, 0.05) is 15.8 Å². The number of nitrogens with one attached hydrogen (secondary N) is 1. The van der Waals surface area contributed by atoms with Gasteiger partial charge in [-0.05, 0) is 52.7 Å². The molecule has 0 saturated heterocycles. The molecule has 3 N–H and O–H groups in total. The third kappa shape index (κ3) is 2.77. The van der Waals surface area contributed by atoms with Crippen LogP contribution >= 0.6 is 15.9 Å². The van der Waals surface area contributed by atoms with Gasteiger partial charge in [0.2, 0.25) is 0 Å². The third-order valence-electron chi connectivity index (χ3n) is 2.39. The van der Waals surface area contributed by atoms with Crippen LogP contribution in [0.3, 0.4) is 0 Å². The number of nitrogen functional groups attached to an aromatic ring is 1. The monoisotopic (exact) mass is 294 g/mol. The highest BCUT2D eigenvalue weighted by molar-refractivity contribution is 9.10. The first-order valence-electron chi connectivity index (χ1n) is 5.14. The van der Waals surface area contributed by atoms with Crippen LogP contribution in [0.5, 0.6) is 0 Å².